The summed E-state index contributed by atoms with van der Waals surface area (Å²) in [6.07, 6.45) is 9.42. The van der Waals surface area contributed by atoms with E-state index < -0.39 is 40.9 Å². The van der Waals surface area contributed by atoms with Gasteiger partial charge in [0.05, 0.1) is 37.2 Å². The average molecular weight is 717 g/mol. The van der Waals surface area contributed by atoms with Crippen LogP contribution in [-0.2, 0) is 26.5 Å². The van der Waals surface area contributed by atoms with Crippen LogP contribution in [-0.4, -0.2) is 78.7 Å². The summed E-state index contributed by atoms with van der Waals surface area (Å²) >= 11 is 6.42. The first-order valence-corrected chi connectivity index (χ1v) is 19.2. The number of benzene rings is 2. The maximum Gasteiger partial charge on any atom is 0.330 e. The van der Waals surface area contributed by atoms with Gasteiger partial charge in [0, 0.05) is 36.2 Å². The van der Waals surface area contributed by atoms with E-state index >= 15 is 0 Å². The first kappa shape index (κ1) is 34.2. The summed E-state index contributed by atoms with van der Waals surface area (Å²) in [5, 5.41) is 0.714. The molecule has 0 unspecified atom stereocenters. The molecule has 2 aliphatic carbocycles. The zero-order valence-corrected chi connectivity index (χ0v) is 29.4. The van der Waals surface area contributed by atoms with Crippen molar-refractivity contribution in [1.29, 1.82) is 0 Å². The van der Waals surface area contributed by atoms with Gasteiger partial charge < -0.3 is 19.3 Å². The number of ether oxygens (including phenoxy) is 2. The summed E-state index contributed by atoms with van der Waals surface area (Å²) in [4.78, 5) is 29.9. The number of hydrogen-bond donors (Lipinski definition) is 1. The topological polar surface area (TPSA) is 101 Å². The maximum absolute atomic E-state index is 14.2. The zero-order valence-electron chi connectivity index (χ0n) is 27.8. The van der Waals surface area contributed by atoms with Crippen molar-refractivity contribution in [2.24, 2.45) is 22.1 Å². The van der Waals surface area contributed by atoms with Gasteiger partial charge in [-0.05, 0) is 97.7 Å². The van der Waals surface area contributed by atoms with Crippen molar-refractivity contribution in [3.63, 3.8) is 0 Å². The summed E-state index contributed by atoms with van der Waals surface area (Å²) in [7, 11) is -1.96. The molecule has 3 aliphatic heterocycles. The minimum atomic E-state index is -3.68. The lowest BCUT2D eigenvalue weighted by atomic mass is 9.68. The molecule has 1 spiro atoms. The standard InChI is InChI=1S/C36H43ClF2N4O5S/c1-23-5-3-7-31(47-2)28-11-8-26(28)17-42-19-35(14-4-6-24-15-27(37)10-12-29(24)35)22-48-32-13-9-25(16-30(32)42)33(44)40-49(46,18-23)41-34(45)43-20-36(38,39)21-43/h3,7,9-10,12-13,15-16,23,26,28,31H,4-6,8,11,14,17-22H2,1-2H3,(H,40,41,44,45,46)/b7-3+/t23-,26-,28+,31-,35-,49-/m0/s1. The van der Waals surface area contributed by atoms with Gasteiger partial charge >= 0.3 is 6.03 Å². The molecule has 2 bridgehead atoms. The van der Waals surface area contributed by atoms with E-state index in [1.54, 1.807) is 25.3 Å². The number of nitrogens with one attached hydrogen (secondary N) is 1. The number of aryl methyl sites for hydroxylation is 1. The van der Waals surface area contributed by atoms with E-state index in [-0.39, 0.29) is 28.8 Å². The number of hydrogen-bond acceptors (Lipinski definition) is 6. The van der Waals surface area contributed by atoms with Crippen LogP contribution < -0.4 is 14.4 Å². The molecule has 3 heterocycles. The highest BCUT2D eigenvalue weighted by Crippen LogP contribution is 2.47. The van der Waals surface area contributed by atoms with Gasteiger partial charge in [-0.25, -0.2) is 17.8 Å². The maximum atomic E-state index is 14.2. The Balaban J connectivity index is 1.28. The van der Waals surface area contributed by atoms with Crippen molar-refractivity contribution in [1.82, 2.24) is 9.62 Å². The molecule has 13 heteroatoms. The lowest BCUT2D eigenvalue weighted by molar-refractivity contribution is -0.109. The van der Waals surface area contributed by atoms with Gasteiger partial charge in [-0.1, -0.05) is 36.7 Å². The molecular weight excluding hydrogens is 674 g/mol. The molecule has 2 fully saturated rings. The second-order valence-corrected chi connectivity index (χ2v) is 17.0. The van der Waals surface area contributed by atoms with Gasteiger partial charge in [0.2, 0.25) is 0 Å². The number of carbonyl (C=O) groups excluding carboxylic acids is 2. The fourth-order valence-corrected chi connectivity index (χ4v) is 10.3. The van der Waals surface area contributed by atoms with Crippen molar-refractivity contribution < 1.29 is 32.1 Å². The Labute approximate surface area is 291 Å². The van der Waals surface area contributed by atoms with Crippen LogP contribution in [0, 0.1) is 17.8 Å². The molecule has 2 aromatic rings. The van der Waals surface area contributed by atoms with E-state index in [9.17, 15) is 22.6 Å². The quantitative estimate of drug-likeness (QED) is 0.350. The van der Waals surface area contributed by atoms with E-state index in [0.29, 0.717) is 42.2 Å². The van der Waals surface area contributed by atoms with Crippen molar-refractivity contribution in [3.8, 4) is 5.75 Å². The largest absolute Gasteiger partial charge is 0.490 e. The van der Waals surface area contributed by atoms with Crippen LogP contribution in [0.3, 0.4) is 0 Å². The molecule has 264 valence electrons. The van der Waals surface area contributed by atoms with Crippen LogP contribution in [0.15, 0.2) is 52.9 Å². The van der Waals surface area contributed by atoms with Gasteiger partial charge in [-0.2, -0.15) is 0 Å². The fraction of sp³-hybridized carbons (Fsp3) is 0.556. The molecule has 5 aliphatic rings. The van der Waals surface area contributed by atoms with Gasteiger partial charge in [0.15, 0.2) is 0 Å². The summed E-state index contributed by atoms with van der Waals surface area (Å²) in [5.41, 5.74) is 3.14. The number of halogens is 3. The third-order valence-electron chi connectivity index (χ3n) is 10.9. The minimum Gasteiger partial charge on any atom is -0.490 e. The van der Waals surface area contributed by atoms with Gasteiger partial charge in [0.25, 0.3) is 11.8 Å². The molecule has 7 rings (SSSR count). The van der Waals surface area contributed by atoms with Gasteiger partial charge in [-0.3, -0.25) is 9.52 Å². The zero-order chi connectivity index (χ0) is 34.6. The molecule has 9 nitrogen and oxygen atoms in total. The molecule has 0 radical (unpaired) electrons. The Kier molecular flexibility index (Phi) is 9.19. The van der Waals surface area contributed by atoms with Crippen molar-refractivity contribution >= 4 is 39.1 Å². The molecule has 49 heavy (non-hydrogen) atoms. The number of rotatable bonds is 2. The van der Waals surface area contributed by atoms with Crippen LogP contribution in [0.2, 0.25) is 5.02 Å². The van der Waals surface area contributed by atoms with Crippen LogP contribution in [0.25, 0.3) is 0 Å². The van der Waals surface area contributed by atoms with Crippen LogP contribution in [0.4, 0.5) is 19.3 Å². The SMILES string of the molecule is CO[C@H]1/C=C/C[C@H](C)C[S@@](=O)(NC(=O)N2CC(F)(F)C2)=NC(=O)c2ccc3c(c2)N(C[C@@H]2CC[C@H]21)C[C@@]1(CCCc2cc(Cl)ccc21)CO3. The Morgan fingerprint density at radius 2 is 1.98 bits per heavy atom. The van der Waals surface area contributed by atoms with E-state index in [1.807, 2.05) is 19.1 Å². The Hall–Kier alpha value is -3.22. The predicted octanol–water partition coefficient (Wildman–Crippen LogP) is 6.63. The van der Waals surface area contributed by atoms with Crippen molar-refractivity contribution in [2.75, 3.05) is 50.5 Å². The number of nitrogens with zero attached hydrogens (tertiary/aromatic N) is 3. The Morgan fingerprint density at radius 1 is 1.16 bits per heavy atom. The molecule has 6 atom stereocenters. The molecular formula is C36H43ClF2N4O5S. The van der Waals surface area contributed by atoms with Gasteiger partial charge in [-0.15, -0.1) is 4.36 Å². The molecule has 1 saturated heterocycles. The van der Waals surface area contributed by atoms with E-state index in [1.165, 1.54) is 11.1 Å². The summed E-state index contributed by atoms with van der Waals surface area (Å²) in [6, 6.07) is 10.3. The number of amides is 3. The fourth-order valence-electron chi connectivity index (χ4n) is 8.22. The number of allylic oxidation sites excluding steroid dienone is 1. The average Bonchev–Trinajstić information content (AvgIpc) is 3.17. The third-order valence-corrected chi connectivity index (χ3v) is 13.1. The van der Waals surface area contributed by atoms with E-state index in [0.717, 1.165) is 49.2 Å². The molecule has 1 saturated carbocycles. The number of methoxy groups -OCH3 is 1. The highest BCUT2D eigenvalue weighted by molar-refractivity contribution is 7.92. The van der Waals surface area contributed by atoms with E-state index in [2.05, 4.69) is 32.2 Å². The smallest absolute Gasteiger partial charge is 0.330 e. The summed E-state index contributed by atoms with van der Waals surface area (Å²) in [6.45, 7) is 2.17. The number of carbonyl (C=O) groups is 2. The van der Waals surface area contributed by atoms with Crippen molar-refractivity contribution in [3.05, 3.63) is 70.3 Å². The van der Waals surface area contributed by atoms with Crippen LogP contribution in [0.5, 0.6) is 5.75 Å². The second kappa shape index (κ2) is 13.2. The monoisotopic (exact) mass is 716 g/mol. The number of alkyl halides is 2. The Morgan fingerprint density at radius 3 is 2.71 bits per heavy atom. The second-order valence-electron chi connectivity index (χ2n) is 14.6. The van der Waals surface area contributed by atoms with Crippen LogP contribution in [0.1, 0.15) is 60.5 Å². The summed E-state index contributed by atoms with van der Waals surface area (Å²) in [5.74, 6) is -2.83. The Bertz CT molecular complexity index is 1790. The summed E-state index contributed by atoms with van der Waals surface area (Å²) < 4.78 is 60.4. The normalized spacial score (nSPS) is 33.0. The van der Waals surface area contributed by atoms with Crippen molar-refractivity contribution in [2.45, 2.75) is 62.9 Å². The first-order valence-electron chi connectivity index (χ1n) is 17.1. The van der Waals surface area contributed by atoms with E-state index in [4.69, 9.17) is 21.1 Å². The lowest BCUT2D eigenvalue weighted by Crippen LogP contribution is -2.61. The lowest BCUT2D eigenvalue weighted by Gasteiger charge is -2.46. The number of urea groups is 1. The van der Waals surface area contributed by atoms with Crippen LogP contribution >= 0.6 is 11.6 Å². The number of fused-ring (bicyclic) bond motifs is 4. The predicted molar refractivity (Wildman–Crippen MR) is 185 cm³/mol. The molecule has 3 amide bonds. The number of likely N-dealkylation sites (tertiary alicyclic amines) is 1. The molecule has 2 aromatic carbocycles. The molecule has 1 N–H and O–H groups in total. The molecule has 0 aromatic heterocycles. The van der Waals surface area contributed by atoms with Gasteiger partial charge in [0.1, 0.15) is 15.7 Å². The minimum absolute atomic E-state index is 0.109. The first-order chi connectivity index (χ1) is 23.4. The highest BCUT2D eigenvalue weighted by atomic mass is 35.5. The number of anilines is 1. The third kappa shape index (κ3) is 6.93. The highest BCUT2D eigenvalue weighted by Gasteiger charge is 2.47.